The van der Waals surface area contributed by atoms with E-state index in [2.05, 4.69) is 0 Å². The fourth-order valence-electron chi connectivity index (χ4n) is 3.76. The summed E-state index contributed by atoms with van der Waals surface area (Å²) in [5, 5.41) is 12.9. The number of nitrogens with zero attached hydrogens (tertiary/aromatic N) is 1. The van der Waals surface area contributed by atoms with E-state index in [4.69, 9.17) is 11.6 Å². The zero-order valence-electron chi connectivity index (χ0n) is 15.3. The first-order chi connectivity index (χ1) is 13.4. The maximum absolute atomic E-state index is 12.9. The molecule has 0 spiro atoms. The third-order valence-corrected chi connectivity index (χ3v) is 7.44. The van der Waals surface area contributed by atoms with Crippen LogP contribution in [0.2, 0.25) is 5.02 Å². The Bertz CT molecular complexity index is 1110. The Kier molecular flexibility index (Phi) is 5.29. The fraction of sp³-hybridized carbons (Fsp3) is 0.238. The van der Waals surface area contributed by atoms with Gasteiger partial charge in [-0.3, -0.25) is 0 Å². The van der Waals surface area contributed by atoms with Crippen molar-refractivity contribution >= 4 is 32.4 Å². The van der Waals surface area contributed by atoms with Crippen molar-refractivity contribution in [2.45, 2.75) is 11.4 Å². The first-order valence-corrected chi connectivity index (χ1v) is 11.1. The molecule has 0 aliphatic carbocycles. The molecule has 0 saturated carbocycles. The van der Waals surface area contributed by atoms with E-state index in [9.17, 15) is 13.5 Å². The predicted molar refractivity (Wildman–Crippen MR) is 110 cm³/mol. The summed E-state index contributed by atoms with van der Waals surface area (Å²) < 4.78 is 27.2. The highest BCUT2D eigenvalue weighted by molar-refractivity contribution is 7.89. The summed E-state index contributed by atoms with van der Waals surface area (Å²) in [7, 11) is -3.54. The number of rotatable bonds is 4. The second-order valence-electron chi connectivity index (χ2n) is 7.07. The number of phenolic OH excluding ortho intramolecular Hbond substituents is 1. The smallest absolute Gasteiger partial charge is 0.243 e. The van der Waals surface area contributed by atoms with E-state index in [1.807, 2.05) is 30.3 Å². The SMILES string of the molecule is O=S(=O)(c1cccc(Cl)c1)N1CC[NH+](Cc2c(O)ccc3ccccc23)CC1. The minimum Gasteiger partial charge on any atom is -0.507 e. The molecule has 1 aliphatic heterocycles. The second kappa shape index (κ2) is 7.72. The van der Waals surface area contributed by atoms with Crippen LogP contribution in [0.15, 0.2) is 65.6 Å². The number of benzene rings is 3. The van der Waals surface area contributed by atoms with Crippen molar-refractivity contribution in [3.8, 4) is 5.75 Å². The zero-order valence-corrected chi connectivity index (χ0v) is 16.9. The number of quaternary nitrogens is 1. The molecule has 1 saturated heterocycles. The molecule has 0 amide bonds. The molecule has 0 atom stereocenters. The number of hydrogen-bond donors (Lipinski definition) is 2. The lowest BCUT2D eigenvalue weighted by Gasteiger charge is -2.31. The summed E-state index contributed by atoms with van der Waals surface area (Å²) in [4.78, 5) is 1.49. The number of piperazine rings is 1. The average molecular weight is 418 g/mol. The maximum atomic E-state index is 12.9. The standard InChI is InChI=1S/C21H21ClN2O3S/c22-17-5-3-6-18(14-17)28(26,27)24-12-10-23(11-13-24)15-20-19-7-2-1-4-16(19)8-9-21(20)25/h1-9,14,25H,10-13,15H2/p+1. The number of fused-ring (bicyclic) bond motifs is 1. The lowest BCUT2D eigenvalue weighted by atomic mass is 10.0. The molecule has 0 aromatic heterocycles. The molecule has 3 aromatic rings. The van der Waals surface area contributed by atoms with Crippen molar-refractivity contribution in [2.75, 3.05) is 26.2 Å². The Morgan fingerprint density at radius 1 is 1.00 bits per heavy atom. The van der Waals surface area contributed by atoms with Crippen molar-refractivity contribution in [2.24, 2.45) is 0 Å². The van der Waals surface area contributed by atoms with Crippen LogP contribution >= 0.6 is 11.6 Å². The summed E-state index contributed by atoms with van der Waals surface area (Å²) in [6.45, 7) is 2.91. The average Bonchev–Trinajstić information content (AvgIpc) is 2.70. The van der Waals surface area contributed by atoms with E-state index in [-0.39, 0.29) is 4.90 Å². The van der Waals surface area contributed by atoms with Crippen LogP contribution < -0.4 is 4.90 Å². The first-order valence-electron chi connectivity index (χ1n) is 9.24. The highest BCUT2D eigenvalue weighted by atomic mass is 35.5. The second-order valence-corrected chi connectivity index (χ2v) is 9.45. The quantitative estimate of drug-likeness (QED) is 0.684. The number of halogens is 1. The molecule has 1 aliphatic rings. The molecule has 5 nitrogen and oxygen atoms in total. The van der Waals surface area contributed by atoms with E-state index in [1.165, 1.54) is 15.3 Å². The van der Waals surface area contributed by atoms with Gasteiger partial charge in [-0.15, -0.1) is 0 Å². The maximum Gasteiger partial charge on any atom is 0.243 e. The minimum absolute atomic E-state index is 0.232. The van der Waals surface area contributed by atoms with E-state index in [1.54, 1.807) is 24.3 Å². The van der Waals surface area contributed by atoms with Crippen molar-refractivity contribution in [3.63, 3.8) is 0 Å². The van der Waals surface area contributed by atoms with Crippen LogP contribution in [0.5, 0.6) is 5.75 Å². The minimum atomic E-state index is -3.54. The number of phenols is 1. The van der Waals surface area contributed by atoms with Crippen molar-refractivity contribution in [1.82, 2.24) is 4.31 Å². The summed E-state index contributed by atoms with van der Waals surface area (Å²) in [6, 6.07) is 18.0. The van der Waals surface area contributed by atoms with Crippen LogP contribution in [-0.4, -0.2) is 44.0 Å². The van der Waals surface area contributed by atoms with Gasteiger partial charge in [0, 0.05) is 5.02 Å². The molecule has 4 rings (SSSR count). The van der Waals surface area contributed by atoms with Gasteiger partial charge in [0.25, 0.3) is 0 Å². The van der Waals surface area contributed by atoms with Gasteiger partial charge in [0.1, 0.15) is 12.3 Å². The van der Waals surface area contributed by atoms with Gasteiger partial charge in [-0.25, -0.2) is 8.42 Å². The van der Waals surface area contributed by atoms with Gasteiger partial charge in [0.05, 0.1) is 36.6 Å². The lowest BCUT2D eigenvalue weighted by molar-refractivity contribution is -0.917. The van der Waals surface area contributed by atoms with E-state index < -0.39 is 10.0 Å². The Morgan fingerprint density at radius 2 is 1.75 bits per heavy atom. The number of hydrogen-bond acceptors (Lipinski definition) is 3. The fourth-order valence-corrected chi connectivity index (χ4v) is 5.50. The summed E-state index contributed by atoms with van der Waals surface area (Å²) in [5.41, 5.74) is 0.916. The van der Waals surface area contributed by atoms with Gasteiger partial charge in [0.2, 0.25) is 10.0 Å². The van der Waals surface area contributed by atoms with Gasteiger partial charge in [-0.1, -0.05) is 48.0 Å². The van der Waals surface area contributed by atoms with Gasteiger partial charge < -0.3 is 10.0 Å². The van der Waals surface area contributed by atoms with Crippen molar-refractivity contribution in [1.29, 1.82) is 0 Å². The number of sulfonamides is 1. The Hall–Kier alpha value is -2.12. The Balaban J connectivity index is 1.49. The van der Waals surface area contributed by atoms with Crippen LogP contribution in [0.4, 0.5) is 0 Å². The van der Waals surface area contributed by atoms with Crippen molar-refractivity contribution in [3.05, 3.63) is 71.2 Å². The highest BCUT2D eigenvalue weighted by Crippen LogP contribution is 2.26. The van der Waals surface area contributed by atoms with Crippen LogP contribution in [0.3, 0.4) is 0 Å². The molecule has 1 heterocycles. The number of nitrogens with one attached hydrogen (secondary N) is 1. The normalized spacial score (nSPS) is 16.5. The summed E-state index contributed by atoms with van der Waals surface area (Å²) in [6.07, 6.45) is 0. The summed E-state index contributed by atoms with van der Waals surface area (Å²) in [5.74, 6) is 0.292. The molecule has 0 bridgehead atoms. The van der Waals surface area contributed by atoms with Crippen LogP contribution in [0, 0.1) is 0 Å². The van der Waals surface area contributed by atoms with Gasteiger partial charge >= 0.3 is 0 Å². The Labute approximate surface area is 169 Å². The summed E-state index contributed by atoms with van der Waals surface area (Å²) >= 11 is 5.96. The molecular formula is C21H22ClN2O3S+. The van der Waals surface area contributed by atoms with Gasteiger partial charge in [0.15, 0.2) is 0 Å². The van der Waals surface area contributed by atoms with Gasteiger partial charge in [-0.05, 0) is 35.0 Å². The molecular weight excluding hydrogens is 396 g/mol. The van der Waals surface area contributed by atoms with Crippen LogP contribution in [-0.2, 0) is 16.6 Å². The third-order valence-electron chi connectivity index (χ3n) is 5.31. The van der Waals surface area contributed by atoms with Crippen LogP contribution in [0.1, 0.15) is 5.56 Å². The van der Waals surface area contributed by atoms with E-state index in [0.717, 1.165) is 16.3 Å². The molecule has 28 heavy (non-hydrogen) atoms. The monoisotopic (exact) mass is 417 g/mol. The largest absolute Gasteiger partial charge is 0.507 e. The molecule has 0 unspecified atom stereocenters. The lowest BCUT2D eigenvalue weighted by Crippen LogP contribution is -3.13. The first kappa shape index (κ1) is 19.2. The van der Waals surface area contributed by atoms with E-state index >= 15 is 0 Å². The molecule has 1 fully saturated rings. The predicted octanol–water partition coefficient (Wildman–Crippen LogP) is 2.29. The Morgan fingerprint density at radius 3 is 2.50 bits per heavy atom. The molecule has 146 valence electrons. The highest BCUT2D eigenvalue weighted by Gasteiger charge is 2.31. The third kappa shape index (κ3) is 3.73. The molecule has 0 radical (unpaired) electrons. The topological polar surface area (TPSA) is 62.0 Å². The molecule has 2 N–H and O–H groups in total. The van der Waals surface area contributed by atoms with Crippen molar-refractivity contribution < 1.29 is 18.4 Å². The van der Waals surface area contributed by atoms with E-state index in [0.29, 0.717) is 43.5 Å². The van der Waals surface area contributed by atoms with Gasteiger partial charge in [-0.2, -0.15) is 4.31 Å². The van der Waals surface area contributed by atoms with Crippen LogP contribution in [0.25, 0.3) is 10.8 Å². The molecule has 3 aromatic carbocycles. The number of aromatic hydroxyl groups is 1. The molecule has 7 heteroatoms. The zero-order chi connectivity index (χ0) is 19.7.